The highest BCUT2D eigenvalue weighted by atomic mass is 16.6. The third kappa shape index (κ3) is 2.58. The third-order valence-corrected chi connectivity index (χ3v) is 3.62. The molecule has 1 aromatic rings. The number of nitro benzene ring substituents is 1. The molecule has 6 heteroatoms. The molecule has 1 saturated heterocycles. The molecule has 1 aliphatic heterocycles. The average molecular weight is 263 g/mol. The van der Waals surface area contributed by atoms with Crippen molar-refractivity contribution in [3.8, 4) is 0 Å². The lowest BCUT2D eigenvalue weighted by molar-refractivity contribution is -0.384. The number of aryl methyl sites for hydroxylation is 1. The van der Waals surface area contributed by atoms with Crippen LogP contribution in [0.2, 0.25) is 0 Å². The Balaban J connectivity index is 2.29. The van der Waals surface area contributed by atoms with Crippen LogP contribution >= 0.6 is 0 Å². The normalized spacial score (nSPS) is 22.6. The van der Waals surface area contributed by atoms with Crippen LogP contribution in [0.1, 0.15) is 22.8 Å². The van der Waals surface area contributed by atoms with E-state index in [1.807, 2.05) is 6.92 Å². The first-order chi connectivity index (χ1) is 8.90. The number of hydrogen-bond acceptors (Lipinski definition) is 4. The maximum Gasteiger partial charge on any atom is 0.270 e. The lowest BCUT2D eigenvalue weighted by atomic mass is 10.1. The Morgan fingerprint density at radius 1 is 1.47 bits per heavy atom. The summed E-state index contributed by atoms with van der Waals surface area (Å²) in [6, 6.07) is 4.32. The van der Waals surface area contributed by atoms with Crippen LogP contribution in [-0.4, -0.2) is 34.9 Å². The van der Waals surface area contributed by atoms with E-state index in [0.29, 0.717) is 18.7 Å². The van der Waals surface area contributed by atoms with Crippen LogP contribution in [0.15, 0.2) is 18.2 Å². The van der Waals surface area contributed by atoms with Gasteiger partial charge in [-0.25, -0.2) is 0 Å². The van der Waals surface area contributed by atoms with E-state index in [4.69, 9.17) is 5.73 Å². The summed E-state index contributed by atoms with van der Waals surface area (Å²) in [4.78, 5) is 24.3. The summed E-state index contributed by atoms with van der Waals surface area (Å²) >= 11 is 0. The minimum atomic E-state index is -0.492. The molecule has 0 radical (unpaired) electrons. The first kappa shape index (κ1) is 13.5. The zero-order chi connectivity index (χ0) is 14.2. The Morgan fingerprint density at radius 2 is 2.16 bits per heavy atom. The molecule has 2 N–H and O–H groups in total. The summed E-state index contributed by atoms with van der Waals surface area (Å²) in [5, 5.41) is 10.8. The standard InChI is InChI=1S/C13H17N3O3/c1-8-3-4-10(16(18)19)5-11(8)13(17)15-6-9(2)12(14)7-15/h3-5,9,12H,6-7,14H2,1-2H3. The number of carbonyl (C=O) groups is 1. The first-order valence-corrected chi connectivity index (χ1v) is 6.20. The number of rotatable bonds is 2. The fourth-order valence-corrected chi connectivity index (χ4v) is 2.28. The van der Waals surface area contributed by atoms with E-state index in [-0.39, 0.29) is 23.6 Å². The molecule has 1 aromatic carbocycles. The van der Waals surface area contributed by atoms with Crippen LogP contribution in [0, 0.1) is 23.0 Å². The Bertz CT molecular complexity index is 520. The van der Waals surface area contributed by atoms with Crippen molar-refractivity contribution in [2.75, 3.05) is 13.1 Å². The third-order valence-electron chi connectivity index (χ3n) is 3.62. The predicted octanol–water partition coefficient (Wildman–Crippen LogP) is 1.32. The minimum absolute atomic E-state index is 0.0250. The molecular formula is C13H17N3O3. The van der Waals surface area contributed by atoms with E-state index >= 15 is 0 Å². The molecule has 1 fully saturated rings. The summed E-state index contributed by atoms with van der Waals surface area (Å²) in [7, 11) is 0. The van der Waals surface area contributed by atoms with Gasteiger partial charge in [-0.1, -0.05) is 13.0 Å². The number of benzene rings is 1. The fraction of sp³-hybridized carbons (Fsp3) is 0.462. The highest BCUT2D eigenvalue weighted by Gasteiger charge is 2.31. The van der Waals surface area contributed by atoms with E-state index < -0.39 is 4.92 Å². The van der Waals surface area contributed by atoms with Gasteiger partial charge in [-0.2, -0.15) is 0 Å². The number of hydrogen-bond donors (Lipinski definition) is 1. The number of non-ortho nitro benzene ring substituents is 1. The zero-order valence-corrected chi connectivity index (χ0v) is 11.0. The van der Waals surface area contributed by atoms with Gasteiger partial charge < -0.3 is 10.6 Å². The van der Waals surface area contributed by atoms with Crippen molar-refractivity contribution >= 4 is 11.6 Å². The van der Waals surface area contributed by atoms with Crippen molar-refractivity contribution in [2.45, 2.75) is 19.9 Å². The molecule has 0 spiro atoms. The van der Waals surface area contributed by atoms with E-state index in [9.17, 15) is 14.9 Å². The Hall–Kier alpha value is -1.95. The first-order valence-electron chi connectivity index (χ1n) is 6.20. The van der Waals surface area contributed by atoms with Gasteiger partial charge in [0, 0.05) is 36.8 Å². The summed E-state index contributed by atoms with van der Waals surface area (Å²) in [5.74, 6) is 0.0731. The monoisotopic (exact) mass is 263 g/mol. The zero-order valence-electron chi connectivity index (χ0n) is 11.0. The maximum absolute atomic E-state index is 12.4. The molecule has 6 nitrogen and oxygen atoms in total. The van der Waals surface area contributed by atoms with Gasteiger partial charge in [0.2, 0.25) is 0 Å². The van der Waals surface area contributed by atoms with E-state index in [2.05, 4.69) is 0 Å². The average Bonchev–Trinajstić information content (AvgIpc) is 2.69. The highest BCUT2D eigenvalue weighted by Crippen LogP contribution is 2.22. The van der Waals surface area contributed by atoms with E-state index in [0.717, 1.165) is 5.56 Å². The molecule has 102 valence electrons. The molecule has 2 unspecified atom stereocenters. The van der Waals surface area contributed by atoms with Crippen LogP contribution in [0.25, 0.3) is 0 Å². The lowest BCUT2D eigenvalue weighted by Gasteiger charge is -2.17. The summed E-state index contributed by atoms with van der Waals surface area (Å²) in [6.07, 6.45) is 0. The van der Waals surface area contributed by atoms with Crippen LogP contribution in [0.3, 0.4) is 0 Å². The molecular weight excluding hydrogens is 246 g/mol. The van der Waals surface area contributed by atoms with Crippen molar-refractivity contribution in [1.29, 1.82) is 0 Å². The topological polar surface area (TPSA) is 89.5 Å². The van der Waals surface area contributed by atoms with Crippen LogP contribution < -0.4 is 5.73 Å². The Labute approximate surface area is 111 Å². The minimum Gasteiger partial charge on any atom is -0.337 e. The van der Waals surface area contributed by atoms with Gasteiger partial charge in [0.05, 0.1) is 4.92 Å². The van der Waals surface area contributed by atoms with Gasteiger partial charge in [-0.15, -0.1) is 0 Å². The van der Waals surface area contributed by atoms with Crippen molar-refractivity contribution in [2.24, 2.45) is 11.7 Å². The molecule has 2 rings (SSSR count). The molecule has 1 amide bonds. The number of nitro groups is 1. The quantitative estimate of drug-likeness (QED) is 0.643. The molecule has 19 heavy (non-hydrogen) atoms. The summed E-state index contributed by atoms with van der Waals surface area (Å²) in [5.41, 5.74) is 6.96. The number of nitrogens with two attached hydrogens (primary N) is 1. The molecule has 1 heterocycles. The van der Waals surface area contributed by atoms with Gasteiger partial charge >= 0.3 is 0 Å². The summed E-state index contributed by atoms with van der Waals surface area (Å²) in [6.45, 7) is 4.87. The second-order valence-corrected chi connectivity index (χ2v) is 5.11. The molecule has 0 aromatic heterocycles. The number of likely N-dealkylation sites (tertiary alicyclic amines) is 1. The highest BCUT2D eigenvalue weighted by molar-refractivity contribution is 5.96. The Kier molecular flexibility index (Phi) is 3.53. The van der Waals surface area contributed by atoms with Gasteiger partial charge in [0.1, 0.15) is 0 Å². The van der Waals surface area contributed by atoms with Crippen molar-refractivity contribution < 1.29 is 9.72 Å². The SMILES string of the molecule is Cc1ccc([N+](=O)[O-])cc1C(=O)N1CC(C)C(N)C1. The van der Waals surface area contributed by atoms with Gasteiger partial charge in [-0.05, 0) is 18.4 Å². The molecule has 0 saturated carbocycles. The van der Waals surface area contributed by atoms with Crippen molar-refractivity contribution in [3.63, 3.8) is 0 Å². The molecule has 0 aliphatic carbocycles. The van der Waals surface area contributed by atoms with Crippen LogP contribution in [0.5, 0.6) is 0 Å². The van der Waals surface area contributed by atoms with Crippen LogP contribution in [-0.2, 0) is 0 Å². The predicted molar refractivity (Wildman–Crippen MR) is 70.9 cm³/mol. The van der Waals surface area contributed by atoms with Gasteiger partial charge in [0.25, 0.3) is 11.6 Å². The Morgan fingerprint density at radius 3 is 2.68 bits per heavy atom. The number of amides is 1. The largest absolute Gasteiger partial charge is 0.337 e. The second kappa shape index (κ2) is 4.97. The van der Waals surface area contributed by atoms with E-state index in [1.165, 1.54) is 12.1 Å². The molecule has 2 atom stereocenters. The lowest BCUT2D eigenvalue weighted by Crippen LogP contribution is -2.32. The van der Waals surface area contributed by atoms with Crippen molar-refractivity contribution in [3.05, 3.63) is 39.4 Å². The van der Waals surface area contributed by atoms with Crippen molar-refractivity contribution in [1.82, 2.24) is 4.90 Å². The summed E-state index contributed by atoms with van der Waals surface area (Å²) < 4.78 is 0. The number of carbonyl (C=O) groups excluding carboxylic acids is 1. The number of nitrogens with zero attached hydrogens (tertiary/aromatic N) is 2. The van der Waals surface area contributed by atoms with Gasteiger partial charge in [-0.3, -0.25) is 14.9 Å². The maximum atomic E-state index is 12.4. The molecule has 0 bridgehead atoms. The van der Waals surface area contributed by atoms with E-state index in [1.54, 1.807) is 17.9 Å². The van der Waals surface area contributed by atoms with Gasteiger partial charge in [0.15, 0.2) is 0 Å². The fourth-order valence-electron chi connectivity index (χ4n) is 2.28. The smallest absolute Gasteiger partial charge is 0.270 e. The molecule has 1 aliphatic rings. The second-order valence-electron chi connectivity index (χ2n) is 5.11. The van der Waals surface area contributed by atoms with Crippen LogP contribution in [0.4, 0.5) is 5.69 Å².